The summed E-state index contributed by atoms with van der Waals surface area (Å²) in [5, 5.41) is 0. The van der Waals surface area contributed by atoms with Gasteiger partial charge in [0, 0.05) is 12.7 Å². The van der Waals surface area contributed by atoms with Crippen molar-refractivity contribution >= 4 is 11.9 Å². The summed E-state index contributed by atoms with van der Waals surface area (Å²) >= 11 is 0. The molecule has 0 aromatic carbocycles. The predicted octanol–water partition coefficient (Wildman–Crippen LogP) is 1.81. The highest BCUT2D eigenvalue weighted by Crippen LogP contribution is 2.08. The lowest BCUT2D eigenvalue weighted by Crippen LogP contribution is -2.37. The number of aryl methyl sites for hydroxylation is 1. The Balaban J connectivity index is 2.84. The molecule has 0 bridgehead atoms. The topological polar surface area (TPSA) is 59.5 Å². The first kappa shape index (κ1) is 15.1. The van der Waals surface area contributed by atoms with Gasteiger partial charge in [0.05, 0.1) is 6.61 Å². The molecular formula is C14H20N2O3. The van der Waals surface area contributed by atoms with E-state index >= 15 is 0 Å². The van der Waals surface area contributed by atoms with Crippen LogP contribution in [0.4, 0.5) is 0 Å². The second-order valence-electron chi connectivity index (χ2n) is 4.20. The minimum Gasteiger partial charge on any atom is -0.465 e. The average molecular weight is 264 g/mol. The van der Waals surface area contributed by atoms with Crippen LogP contribution in [0.3, 0.4) is 0 Å². The Morgan fingerprint density at radius 1 is 1.37 bits per heavy atom. The van der Waals surface area contributed by atoms with Gasteiger partial charge in [0.15, 0.2) is 0 Å². The zero-order valence-electron chi connectivity index (χ0n) is 11.7. The third-order valence-corrected chi connectivity index (χ3v) is 2.62. The van der Waals surface area contributed by atoms with Gasteiger partial charge in [0.1, 0.15) is 12.2 Å². The Morgan fingerprint density at radius 3 is 2.68 bits per heavy atom. The van der Waals surface area contributed by atoms with E-state index in [9.17, 15) is 9.59 Å². The zero-order chi connectivity index (χ0) is 14.3. The van der Waals surface area contributed by atoms with Gasteiger partial charge in [0.25, 0.3) is 5.91 Å². The van der Waals surface area contributed by atoms with E-state index in [1.807, 2.05) is 19.9 Å². The molecule has 5 nitrogen and oxygen atoms in total. The molecule has 0 saturated heterocycles. The molecule has 0 fully saturated rings. The number of pyridine rings is 1. The van der Waals surface area contributed by atoms with Crippen LogP contribution in [-0.2, 0) is 9.53 Å². The molecule has 1 rings (SSSR count). The van der Waals surface area contributed by atoms with E-state index in [1.54, 1.807) is 19.2 Å². The van der Waals surface area contributed by atoms with Crippen LogP contribution < -0.4 is 0 Å². The Bertz CT molecular complexity index is 446. The van der Waals surface area contributed by atoms with Gasteiger partial charge in [-0.2, -0.15) is 0 Å². The molecule has 1 heterocycles. The lowest BCUT2D eigenvalue weighted by atomic mass is 10.2. The van der Waals surface area contributed by atoms with Crippen LogP contribution in [-0.4, -0.2) is 41.5 Å². The van der Waals surface area contributed by atoms with Crippen molar-refractivity contribution in [2.24, 2.45) is 0 Å². The number of aromatic nitrogens is 1. The summed E-state index contributed by atoms with van der Waals surface area (Å²) in [6, 6.07) is 3.61. The molecule has 0 aliphatic carbocycles. The molecule has 0 spiro atoms. The van der Waals surface area contributed by atoms with E-state index in [0.717, 1.165) is 12.0 Å². The van der Waals surface area contributed by atoms with Gasteiger partial charge in [0.2, 0.25) is 0 Å². The van der Waals surface area contributed by atoms with E-state index in [-0.39, 0.29) is 12.5 Å². The first-order chi connectivity index (χ1) is 9.10. The first-order valence-corrected chi connectivity index (χ1v) is 6.46. The standard InChI is InChI=1S/C14H20N2O3/c1-4-9-16(10-12(17)19-5-2)14(18)13-11(3)7-6-8-15-13/h6-8H,4-5,9-10H2,1-3H3. The SMILES string of the molecule is CCCN(CC(=O)OCC)C(=O)c1ncccc1C. The van der Waals surface area contributed by atoms with Crippen molar-refractivity contribution in [3.63, 3.8) is 0 Å². The van der Waals surface area contributed by atoms with Gasteiger partial charge in [-0.25, -0.2) is 0 Å². The van der Waals surface area contributed by atoms with Crippen molar-refractivity contribution in [2.75, 3.05) is 19.7 Å². The minimum absolute atomic E-state index is 0.0312. The Labute approximate surface area is 113 Å². The molecule has 0 saturated carbocycles. The van der Waals surface area contributed by atoms with Crippen LogP contribution in [0.15, 0.2) is 18.3 Å². The predicted molar refractivity (Wildman–Crippen MR) is 71.8 cm³/mol. The number of hydrogen-bond donors (Lipinski definition) is 0. The number of amides is 1. The maximum absolute atomic E-state index is 12.4. The Morgan fingerprint density at radius 2 is 2.11 bits per heavy atom. The first-order valence-electron chi connectivity index (χ1n) is 6.46. The summed E-state index contributed by atoms with van der Waals surface area (Å²) in [6.07, 6.45) is 2.35. The van der Waals surface area contributed by atoms with E-state index in [1.165, 1.54) is 4.90 Å². The molecule has 0 atom stereocenters. The number of rotatable bonds is 6. The number of ether oxygens (including phenoxy) is 1. The van der Waals surface area contributed by atoms with Crippen LogP contribution >= 0.6 is 0 Å². The summed E-state index contributed by atoms with van der Waals surface area (Å²) in [5.41, 5.74) is 1.19. The van der Waals surface area contributed by atoms with Crippen molar-refractivity contribution < 1.29 is 14.3 Å². The highest BCUT2D eigenvalue weighted by molar-refractivity contribution is 5.95. The van der Waals surface area contributed by atoms with Crippen molar-refractivity contribution in [1.82, 2.24) is 9.88 Å². The molecular weight excluding hydrogens is 244 g/mol. The molecule has 0 unspecified atom stereocenters. The molecule has 0 radical (unpaired) electrons. The van der Waals surface area contributed by atoms with E-state index in [2.05, 4.69) is 4.98 Å². The highest BCUT2D eigenvalue weighted by atomic mass is 16.5. The van der Waals surface area contributed by atoms with Gasteiger partial charge < -0.3 is 9.64 Å². The van der Waals surface area contributed by atoms with Crippen LogP contribution in [0.5, 0.6) is 0 Å². The van der Waals surface area contributed by atoms with E-state index in [4.69, 9.17) is 4.74 Å². The number of esters is 1. The van der Waals surface area contributed by atoms with Crippen molar-refractivity contribution in [3.8, 4) is 0 Å². The lowest BCUT2D eigenvalue weighted by Gasteiger charge is -2.21. The second-order valence-corrected chi connectivity index (χ2v) is 4.20. The lowest BCUT2D eigenvalue weighted by molar-refractivity contribution is -0.143. The third-order valence-electron chi connectivity index (χ3n) is 2.62. The van der Waals surface area contributed by atoms with Gasteiger partial charge in [-0.3, -0.25) is 14.6 Å². The quantitative estimate of drug-likeness (QED) is 0.735. The fourth-order valence-electron chi connectivity index (χ4n) is 1.74. The molecule has 1 aromatic rings. The fourth-order valence-corrected chi connectivity index (χ4v) is 1.74. The fraction of sp³-hybridized carbons (Fsp3) is 0.500. The normalized spacial score (nSPS) is 10.1. The smallest absolute Gasteiger partial charge is 0.325 e. The van der Waals surface area contributed by atoms with Crippen molar-refractivity contribution in [1.29, 1.82) is 0 Å². The molecule has 1 amide bonds. The monoisotopic (exact) mass is 264 g/mol. The van der Waals surface area contributed by atoms with Crippen molar-refractivity contribution in [3.05, 3.63) is 29.6 Å². The average Bonchev–Trinajstić information content (AvgIpc) is 2.38. The van der Waals surface area contributed by atoms with Crippen LogP contribution in [0.2, 0.25) is 0 Å². The van der Waals surface area contributed by atoms with Gasteiger partial charge in [-0.15, -0.1) is 0 Å². The molecule has 0 N–H and O–H groups in total. The van der Waals surface area contributed by atoms with Gasteiger partial charge in [-0.1, -0.05) is 13.0 Å². The summed E-state index contributed by atoms with van der Waals surface area (Å²) in [5.74, 6) is -0.620. The Kier molecular flexibility index (Phi) is 5.99. The summed E-state index contributed by atoms with van der Waals surface area (Å²) in [7, 11) is 0. The molecule has 0 aliphatic heterocycles. The van der Waals surface area contributed by atoms with Crippen molar-refractivity contribution in [2.45, 2.75) is 27.2 Å². The molecule has 104 valence electrons. The highest BCUT2D eigenvalue weighted by Gasteiger charge is 2.21. The molecule has 0 aliphatic rings. The van der Waals surface area contributed by atoms with E-state index < -0.39 is 5.97 Å². The maximum atomic E-state index is 12.4. The van der Waals surface area contributed by atoms with E-state index in [0.29, 0.717) is 18.8 Å². The summed E-state index contributed by atoms with van der Waals surface area (Å²) < 4.78 is 4.88. The number of nitrogens with zero attached hydrogens (tertiary/aromatic N) is 2. The molecule has 5 heteroatoms. The number of hydrogen-bond acceptors (Lipinski definition) is 4. The third kappa shape index (κ3) is 4.35. The zero-order valence-corrected chi connectivity index (χ0v) is 11.7. The Hall–Kier alpha value is -1.91. The van der Waals surface area contributed by atoms with Crippen LogP contribution in [0.25, 0.3) is 0 Å². The van der Waals surface area contributed by atoms with Crippen LogP contribution in [0, 0.1) is 6.92 Å². The second kappa shape index (κ2) is 7.51. The molecule has 1 aromatic heterocycles. The van der Waals surface area contributed by atoms with Crippen LogP contribution in [0.1, 0.15) is 36.3 Å². The minimum atomic E-state index is -0.391. The van der Waals surface area contributed by atoms with Gasteiger partial charge in [-0.05, 0) is 31.9 Å². The summed E-state index contributed by atoms with van der Waals surface area (Å²) in [4.78, 5) is 29.4. The summed E-state index contributed by atoms with van der Waals surface area (Å²) in [6.45, 7) is 6.32. The maximum Gasteiger partial charge on any atom is 0.325 e. The van der Waals surface area contributed by atoms with Gasteiger partial charge >= 0.3 is 5.97 Å². The molecule has 19 heavy (non-hydrogen) atoms. The number of carbonyl (C=O) groups is 2. The largest absolute Gasteiger partial charge is 0.465 e. The number of carbonyl (C=O) groups excluding carboxylic acids is 2.